The minimum Gasteiger partial charge on any atom is -0.369 e. The number of nitrogens with zero attached hydrogens (tertiary/aromatic N) is 3. The predicted molar refractivity (Wildman–Crippen MR) is 118 cm³/mol. The van der Waals surface area contributed by atoms with E-state index in [1.165, 1.54) is 18.2 Å². The Hall–Kier alpha value is -2.71. The lowest BCUT2D eigenvalue weighted by atomic mass is 9.91. The minimum absolute atomic E-state index is 0.0900. The maximum atomic E-state index is 14.1. The van der Waals surface area contributed by atoms with Crippen LogP contribution in [0.4, 0.5) is 14.5 Å². The number of piperidine rings is 1. The van der Waals surface area contributed by atoms with E-state index in [2.05, 4.69) is 21.8 Å². The van der Waals surface area contributed by atoms with Gasteiger partial charge in [0.25, 0.3) is 0 Å². The smallest absolute Gasteiger partial charge is 0.186 e. The maximum absolute atomic E-state index is 14.1. The van der Waals surface area contributed by atoms with Crippen LogP contribution in [0.1, 0.15) is 35.8 Å². The molecule has 0 unspecified atom stereocenters. The monoisotopic (exact) mass is 442 g/mol. The number of carbonyl (C=O) groups is 1. The molecule has 2 N–H and O–H groups in total. The highest BCUT2D eigenvalue weighted by molar-refractivity contribution is 7.13. The van der Waals surface area contributed by atoms with Crippen molar-refractivity contribution in [1.82, 2.24) is 9.97 Å². The topological polar surface area (TPSA) is 72.1 Å². The third-order valence-electron chi connectivity index (χ3n) is 5.68. The number of hydrogen-bond acceptors (Lipinski definition) is 6. The van der Waals surface area contributed by atoms with Gasteiger partial charge in [-0.2, -0.15) is 0 Å². The number of carbonyl (C=O) groups excluding carboxylic acids is 1. The van der Waals surface area contributed by atoms with Gasteiger partial charge in [0.15, 0.2) is 5.78 Å². The second-order valence-corrected chi connectivity index (χ2v) is 8.77. The Kier molecular flexibility index (Phi) is 6.38. The summed E-state index contributed by atoms with van der Waals surface area (Å²) in [5, 5.41) is 1.70. The van der Waals surface area contributed by atoms with Gasteiger partial charge in [0.05, 0.1) is 5.56 Å². The number of benzene rings is 1. The third-order valence-corrected chi connectivity index (χ3v) is 6.54. The van der Waals surface area contributed by atoms with Crippen molar-refractivity contribution >= 4 is 22.8 Å². The van der Waals surface area contributed by atoms with Crippen molar-refractivity contribution in [2.75, 3.05) is 18.0 Å². The molecule has 1 fully saturated rings. The molecule has 1 saturated heterocycles. The van der Waals surface area contributed by atoms with Gasteiger partial charge in [0.1, 0.15) is 22.3 Å². The molecule has 0 bridgehead atoms. The zero-order chi connectivity index (χ0) is 22.0. The second kappa shape index (κ2) is 9.20. The molecule has 0 radical (unpaired) electrons. The van der Waals surface area contributed by atoms with Gasteiger partial charge < -0.3 is 10.6 Å². The van der Waals surface area contributed by atoms with Crippen molar-refractivity contribution < 1.29 is 13.6 Å². The first kappa shape index (κ1) is 21.5. The number of hydrogen-bond donors (Lipinski definition) is 1. The van der Waals surface area contributed by atoms with E-state index in [1.807, 2.05) is 6.07 Å². The highest BCUT2D eigenvalue weighted by Crippen LogP contribution is 2.31. The molecular weight excluding hydrogens is 418 g/mol. The standard InChI is InChI=1S/C23H24F2N4OS/c1-2-14-8-16(26)12-29(11-14)20-6-7-27-10-15(20)9-21(30)19-13-31-23(28-19)22-17(24)4-3-5-18(22)25/h3-7,10,13-14,16H,2,8-9,11-12,26H2,1H3/t14-,16+/m1/s1. The van der Waals surface area contributed by atoms with Crippen molar-refractivity contribution in [2.24, 2.45) is 11.7 Å². The summed E-state index contributed by atoms with van der Waals surface area (Å²) in [4.78, 5) is 23.6. The number of pyridine rings is 1. The van der Waals surface area contributed by atoms with Crippen LogP contribution in [0.3, 0.4) is 0 Å². The first-order valence-corrected chi connectivity index (χ1v) is 11.2. The van der Waals surface area contributed by atoms with Crippen LogP contribution >= 0.6 is 11.3 Å². The molecule has 1 aliphatic rings. The van der Waals surface area contributed by atoms with Gasteiger partial charge in [-0.3, -0.25) is 9.78 Å². The van der Waals surface area contributed by atoms with Gasteiger partial charge in [-0.05, 0) is 30.5 Å². The lowest BCUT2D eigenvalue weighted by molar-refractivity contribution is 0.0989. The third kappa shape index (κ3) is 4.65. The van der Waals surface area contributed by atoms with Crippen LogP contribution in [0, 0.1) is 17.6 Å². The van der Waals surface area contributed by atoms with E-state index in [-0.39, 0.29) is 34.5 Å². The van der Waals surface area contributed by atoms with Gasteiger partial charge in [-0.1, -0.05) is 19.4 Å². The van der Waals surface area contributed by atoms with Crippen LogP contribution in [-0.4, -0.2) is 34.9 Å². The molecular formula is C23H24F2N4OS. The number of aromatic nitrogens is 2. The Labute approximate surface area is 183 Å². The molecule has 4 rings (SSSR count). The Morgan fingerprint density at radius 1 is 1.26 bits per heavy atom. The van der Waals surface area contributed by atoms with Crippen LogP contribution < -0.4 is 10.6 Å². The van der Waals surface area contributed by atoms with Crippen LogP contribution in [-0.2, 0) is 6.42 Å². The summed E-state index contributed by atoms with van der Waals surface area (Å²) >= 11 is 1.05. The Morgan fingerprint density at radius 2 is 2.03 bits per heavy atom. The first-order valence-electron chi connectivity index (χ1n) is 10.3. The predicted octanol–water partition coefficient (Wildman–Crippen LogP) is 4.47. The average molecular weight is 443 g/mol. The highest BCUT2D eigenvalue weighted by atomic mass is 32.1. The first-order chi connectivity index (χ1) is 15.0. The zero-order valence-corrected chi connectivity index (χ0v) is 18.0. The molecule has 8 heteroatoms. The summed E-state index contributed by atoms with van der Waals surface area (Å²) in [7, 11) is 0. The fourth-order valence-electron chi connectivity index (χ4n) is 4.09. The van der Waals surface area contributed by atoms with Gasteiger partial charge in [-0.25, -0.2) is 13.8 Å². The molecule has 1 aromatic carbocycles. The van der Waals surface area contributed by atoms with Crippen molar-refractivity contribution in [2.45, 2.75) is 32.2 Å². The van der Waals surface area contributed by atoms with E-state index in [0.29, 0.717) is 5.92 Å². The SMILES string of the molecule is CC[C@@H]1C[C@H](N)CN(c2ccncc2CC(=O)c2csc(-c3c(F)cccc3F)n2)C1. The normalized spacial score (nSPS) is 18.9. The average Bonchev–Trinajstić information content (AvgIpc) is 3.23. The van der Waals surface area contributed by atoms with Crippen molar-refractivity contribution in [3.8, 4) is 10.6 Å². The van der Waals surface area contributed by atoms with Crippen LogP contribution in [0.25, 0.3) is 10.6 Å². The summed E-state index contributed by atoms with van der Waals surface area (Å²) in [6, 6.07) is 5.65. The highest BCUT2D eigenvalue weighted by Gasteiger charge is 2.26. The van der Waals surface area contributed by atoms with Gasteiger partial charge >= 0.3 is 0 Å². The molecule has 0 aliphatic carbocycles. The Balaban J connectivity index is 1.56. The summed E-state index contributed by atoms with van der Waals surface area (Å²) in [5.74, 6) is -1.11. The molecule has 0 amide bonds. The van der Waals surface area contributed by atoms with E-state index in [0.717, 1.165) is 48.5 Å². The molecule has 162 valence electrons. The molecule has 2 atom stereocenters. The maximum Gasteiger partial charge on any atom is 0.186 e. The van der Waals surface area contributed by atoms with Gasteiger partial charge in [0, 0.05) is 54.6 Å². The Bertz CT molecular complexity index is 1070. The number of anilines is 1. The summed E-state index contributed by atoms with van der Waals surface area (Å²) in [6.07, 6.45) is 5.57. The van der Waals surface area contributed by atoms with Crippen molar-refractivity contribution in [3.63, 3.8) is 0 Å². The van der Waals surface area contributed by atoms with E-state index < -0.39 is 11.6 Å². The molecule has 2 aromatic heterocycles. The molecule has 31 heavy (non-hydrogen) atoms. The van der Waals surface area contributed by atoms with Gasteiger partial charge in [0.2, 0.25) is 0 Å². The lowest BCUT2D eigenvalue weighted by Crippen LogP contribution is -2.47. The van der Waals surface area contributed by atoms with E-state index in [4.69, 9.17) is 5.73 Å². The quantitative estimate of drug-likeness (QED) is 0.570. The van der Waals surface area contributed by atoms with Crippen molar-refractivity contribution in [3.05, 3.63) is 64.9 Å². The number of nitrogens with two attached hydrogens (primary N) is 1. The molecule has 5 nitrogen and oxygen atoms in total. The fraction of sp³-hybridized carbons (Fsp3) is 0.348. The molecule has 3 aromatic rings. The van der Waals surface area contributed by atoms with E-state index in [9.17, 15) is 13.6 Å². The second-order valence-electron chi connectivity index (χ2n) is 7.91. The number of ketones is 1. The summed E-state index contributed by atoms with van der Waals surface area (Å²) in [6.45, 7) is 3.79. The van der Waals surface area contributed by atoms with Crippen molar-refractivity contribution in [1.29, 1.82) is 0 Å². The molecule has 0 spiro atoms. The fourth-order valence-corrected chi connectivity index (χ4v) is 4.96. The van der Waals surface area contributed by atoms with Gasteiger partial charge in [-0.15, -0.1) is 11.3 Å². The molecule has 0 saturated carbocycles. The van der Waals surface area contributed by atoms with Crippen LogP contribution in [0.2, 0.25) is 0 Å². The molecule has 3 heterocycles. The minimum atomic E-state index is -0.699. The summed E-state index contributed by atoms with van der Waals surface area (Å²) in [5.41, 5.74) is 7.99. The van der Waals surface area contributed by atoms with E-state index in [1.54, 1.807) is 17.8 Å². The lowest BCUT2D eigenvalue weighted by Gasteiger charge is -2.38. The number of thiazole rings is 1. The summed E-state index contributed by atoms with van der Waals surface area (Å²) < 4.78 is 28.1. The Morgan fingerprint density at radius 3 is 2.77 bits per heavy atom. The zero-order valence-electron chi connectivity index (χ0n) is 17.2. The number of halogens is 2. The molecule has 1 aliphatic heterocycles. The van der Waals surface area contributed by atoms with E-state index >= 15 is 0 Å². The number of Topliss-reactive ketones (excluding diaryl/α,β-unsaturated/α-hetero) is 1. The van der Waals surface area contributed by atoms with Crippen LogP contribution in [0.5, 0.6) is 0 Å². The van der Waals surface area contributed by atoms with Crippen LogP contribution in [0.15, 0.2) is 42.0 Å². The largest absolute Gasteiger partial charge is 0.369 e. The number of rotatable bonds is 6.